The summed E-state index contributed by atoms with van der Waals surface area (Å²) in [7, 11) is 0. The number of carbonyl (C=O) groups is 2. The van der Waals surface area contributed by atoms with Gasteiger partial charge in [-0.2, -0.15) is 0 Å². The quantitative estimate of drug-likeness (QED) is 0.735. The van der Waals surface area contributed by atoms with E-state index in [0.29, 0.717) is 6.54 Å². The molecule has 1 aromatic rings. The molecule has 0 saturated carbocycles. The van der Waals surface area contributed by atoms with Gasteiger partial charge in [-0.3, -0.25) is 4.79 Å². The SMILES string of the molecule is CC(=O)NC(CNCc1cc(Br)cs1)C(=O)O. The van der Waals surface area contributed by atoms with E-state index in [1.54, 1.807) is 11.3 Å². The molecular weight excluding hydrogens is 308 g/mol. The van der Waals surface area contributed by atoms with Crippen molar-refractivity contribution in [2.45, 2.75) is 19.5 Å². The van der Waals surface area contributed by atoms with Gasteiger partial charge >= 0.3 is 5.97 Å². The average Bonchev–Trinajstić information content (AvgIpc) is 2.62. The van der Waals surface area contributed by atoms with Crippen molar-refractivity contribution in [3.63, 3.8) is 0 Å². The van der Waals surface area contributed by atoms with Gasteiger partial charge in [0.2, 0.25) is 5.91 Å². The lowest BCUT2D eigenvalue weighted by atomic mass is 10.3. The molecule has 1 heterocycles. The molecule has 1 rings (SSSR count). The Bertz CT molecular complexity index is 408. The lowest BCUT2D eigenvalue weighted by Gasteiger charge is -2.13. The summed E-state index contributed by atoms with van der Waals surface area (Å²) in [6.45, 7) is 2.08. The summed E-state index contributed by atoms with van der Waals surface area (Å²) in [5.41, 5.74) is 0. The first-order chi connectivity index (χ1) is 7.99. The Morgan fingerprint density at radius 1 is 1.59 bits per heavy atom. The zero-order chi connectivity index (χ0) is 12.8. The number of carboxylic acids is 1. The number of nitrogens with one attached hydrogen (secondary N) is 2. The summed E-state index contributed by atoms with van der Waals surface area (Å²) in [6.07, 6.45) is 0. The number of hydrogen-bond donors (Lipinski definition) is 3. The molecular formula is C10H13BrN2O3S. The minimum atomic E-state index is -1.04. The molecule has 94 valence electrons. The third-order valence-electron chi connectivity index (χ3n) is 1.95. The van der Waals surface area contributed by atoms with Crippen LogP contribution >= 0.6 is 27.3 Å². The van der Waals surface area contributed by atoms with Crippen LogP contribution in [0.4, 0.5) is 0 Å². The zero-order valence-corrected chi connectivity index (χ0v) is 11.6. The van der Waals surface area contributed by atoms with E-state index in [-0.39, 0.29) is 12.5 Å². The van der Waals surface area contributed by atoms with Gasteiger partial charge in [-0.1, -0.05) is 0 Å². The van der Waals surface area contributed by atoms with E-state index in [0.717, 1.165) is 9.35 Å². The van der Waals surface area contributed by atoms with Crippen molar-refractivity contribution in [2.24, 2.45) is 0 Å². The molecule has 1 unspecified atom stereocenters. The number of thiophene rings is 1. The number of aliphatic carboxylic acids is 1. The maximum Gasteiger partial charge on any atom is 0.327 e. The molecule has 5 nitrogen and oxygen atoms in total. The van der Waals surface area contributed by atoms with Crippen LogP contribution in [-0.4, -0.2) is 29.6 Å². The number of hydrogen-bond acceptors (Lipinski definition) is 4. The van der Waals surface area contributed by atoms with E-state index in [9.17, 15) is 9.59 Å². The molecule has 1 aromatic heterocycles. The van der Waals surface area contributed by atoms with Crippen LogP contribution in [0.5, 0.6) is 0 Å². The third kappa shape index (κ3) is 5.29. The predicted octanol–water partition coefficient (Wildman–Crippen LogP) is 1.19. The molecule has 0 radical (unpaired) electrons. The molecule has 17 heavy (non-hydrogen) atoms. The van der Waals surface area contributed by atoms with E-state index in [4.69, 9.17) is 5.11 Å². The minimum Gasteiger partial charge on any atom is -0.480 e. The van der Waals surface area contributed by atoms with Crippen molar-refractivity contribution in [1.29, 1.82) is 0 Å². The number of halogens is 1. The largest absolute Gasteiger partial charge is 0.480 e. The zero-order valence-electron chi connectivity index (χ0n) is 9.20. The molecule has 0 fully saturated rings. The first kappa shape index (κ1) is 14.1. The fourth-order valence-electron chi connectivity index (χ4n) is 1.23. The Labute approximate surface area is 111 Å². The van der Waals surface area contributed by atoms with E-state index < -0.39 is 12.0 Å². The van der Waals surface area contributed by atoms with Crippen molar-refractivity contribution in [3.8, 4) is 0 Å². The van der Waals surface area contributed by atoms with Gasteiger partial charge in [0.25, 0.3) is 0 Å². The lowest BCUT2D eigenvalue weighted by Crippen LogP contribution is -2.46. The maximum atomic E-state index is 10.8. The van der Waals surface area contributed by atoms with E-state index >= 15 is 0 Å². The summed E-state index contributed by atoms with van der Waals surface area (Å²) < 4.78 is 1.01. The van der Waals surface area contributed by atoms with Gasteiger partial charge in [0.15, 0.2) is 0 Å². The van der Waals surface area contributed by atoms with E-state index in [1.165, 1.54) is 6.92 Å². The minimum absolute atomic E-state index is 0.199. The summed E-state index contributed by atoms with van der Waals surface area (Å²) >= 11 is 4.92. The molecule has 0 aliphatic rings. The van der Waals surface area contributed by atoms with Crippen molar-refractivity contribution >= 4 is 39.1 Å². The molecule has 1 amide bonds. The van der Waals surface area contributed by atoms with Gasteiger partial charge in [-0.15, -0.1) is 11.3 Å². The smallest absolute Gasteiger partial charge is 0.327 e. The Kier molecular flexibility index (Phi) is 5.60. The normalized spacial score (nSPS) is 12.1. The van der Waals surface area contributed by atoms with Crippen LogP contribution in [0.25, 0.3) is 0 Å². The summed E-state index contributed by atoms with van der Waals surface area (Å²) in [5, 5.41) is 16.2. The molecule has 7 heteroatoms. The fourth-order valence-corrected chi connectivity index (χ4v) is 2.65. The second kappa shape index (κ2) is 6.73. The van der Waals surface area contributed by atoms with Gasteiger partial charge in [0.05, 0.1) is 0 Å². The number of amides is 1. The van der Waals surface area contributed by atoms with E-state index in [2.05, 4.69) is 26.6 Å². The second-order valence-corrected chi connectivity index (χ2v) is 5.36. The molecule has 0 aromatic carbocycles. The number of carboxylic acid groups (broad SMARTS) is 1. The highest BCUT2D eigenvalue weighted by Crippen LogP contribution is 2.19. The second-order valence-electron chi connectivity index (χ2n) is 3.45. The summed E-state index contributed by atoms with van der Waals surface area (Å²) in [5.74, 6) is -1.39. The Morgan fingerprint density at radius 3 is 2.76 bits per heavy atom. The van der Waals surface area contributed by atoms with Crippen molar-refractivity contribution in [2.75, 3.05) is 6.54 Å². The Balaban J connectivity index is 2.37. The van der Waals surface area contributed by atoms with Crippen molar-refractivity contribution < 1.29 is 14.7 Å². The highest BCUT2D eigenvalue weighted by atomic mass is 79.9. The van der Waals surface area contributed by atoms with Crippen LogP contribution < -0.4 is 10.6 Å². The van der Waals surface area contributed by atoms with Gasteiger partial charge in [0, 0.05) is 34.7 Å². The Hall–Kier alpha value is -0.920. The maximum absolute atomic E-state index is 10.8. The van der Waals surface area contributed by atoms with Crippen LogP contribution in [0.3, 0.4) is 0 Å². The molecule has 0 spiro atoms. The van der Waals surface area contributed by atoms with Crippen LogP contribution in [-0.2, 0) is 16.1 Å². The molecule has 1 atom stereocenters. The highest BCUT2D eigenvalue weighted by Gasteiger charge is 2.17. The van der Waals surface area contributed by atoms with E-state index in [1.807, 2.05) is 11.4 Å². The first-order valence-electron chi connectivity index (χ1n) is 4.92. The predicted molar refractivity (Wildman–Crippen MR) is 69.0 cm³/mol. The van der Waals surface area contributed by atoms with Crippen LogP contribution in [0.15, 0.2) is 15.9 Å². The summed E-state index contributed by atoms with van der Waals surface area (Å²) in [6, 6.07) is 1.07. The third-order valence-corrected chi connectivity index (χ3v) is 3.64. The molecule has 0 bridgehead atoms. The highest BCUT2D eigenvalue weighted by molar-refractivity contribution is 9.10. The molecule has 3 N–H and O–H groups in total. The lowest BCUT2D eigenvalue weighted by molar-refractivity contribution is -0.141. The van der Waals surface area contributed by atoms with Crippen LogP contribution in [0.1, 0.15) is 11.8 Å². The standard InChI is InChI=1S/C10H13BrN2O3S/c1-6(14)13-9(10(15)16)4-12-3-8-2-7(11)5-17-8/h2,5,9,12H,3-4H2,1H3,(H,13,14)(H,15,16). The monoisotopic (exact) mass is 320 g/mol. The number of carbonyl (C=O) groups excluding carboxylic acids is 1. The first-order valence-corrected chi connectivity index (χ1v) is 6.60. The van der Waals surface area contributed by atoms with Crippen LogP contribution in [0.2, 0.25) is 0 Å². The molecule has 0 aliphatic carbocycles. The van der Waals surface area contributed by atoms with Gasteiger partial charge in [-0.05, 0) is 22.0 Å². The molecule has 0 saturated heterocycles. The topological polar surface area (TPSA) is 78.4 Å². The molecule has 0 aliphatic heterocycles. The van der Waals surface area contributed by atoms with Gasteiger partial charge < -0.3 is 15.7 Å². The van der Waals surface area contributed by atoms with Crippen molar-refractivity contribution in [1.82, 2.24) is 10.6 Å². The van der Waals surface area contributed by atoms with Crippen molar-refractivity contribution in [3.05, 3.63) is 20.8 Å². The fraction of sp³-hybridized carbons (Fsp3) is 0.400. The average molecular weight is 321 g/mol. The van der Waals surface area contributed by atoms with Gasteiger partial charge in [-0.25, -0.2) is 4.79 Å². The van der Waals surface area contributed by atoms with Crippen LogP contribution in [0, 0.1) is 0 Å². The van der Waals surface area contributed by atoms with Gasteiger partial charge in [0.1, 0.15) is 6.04 Å². The number of rotatable bonds is 6. The summed E-state index contributed by atoms with van der Waals surface area (Å²) in [4.78, 5) is 22.7. The Morgan fingerprint density at radius 2 is 2.29 bits per heavy atom.